The zero-order valence-electron chi connectivity index (χ0n) is 9.80. The molecule has 1 N–H and O–H groups in total. The number of aromatic carboxylic acids is 1. The highest BCUT2D eigenvalue weighted by Gasteiger charge is 2.22. The van der Waals surface area contributed by atoms with Crippen LogP contribution in [0.4, 0.5) is 4.39 Å². The van der Waals surface area contributed by atoms with Crippen molar-refractivity contribution in [3.63, 3.8) is 0 Å². The predicted molar refractivity (Wildman–Crippen MR) is 62.1 cm³/mol. The number of carbonyl (C=O) groups is 1. The largest absolute Gasteiger partial charge is 0.544 e. The summed E-state index contributed by atoms with van der Waals surface area (Å²) < 4.78 is 18.8. The molecule has 1 aromatic carbocycles. The van der Waals surface area contributed by atoms with Crippen molar-refractivity contribution < 1.29 is 18.7 Å². The van der Waals surface area contributed by atoms with Gasteiger partial charge in [-0.3, -0.25) is 0 Å². The van der Waals surface area contributed by atoms with Gasteiger partial charge in [0.2, 0.25) is 8.32 Å². The van der Waals surface area contributed by atoms with Crippen LogP contribution < -0.4 is 4.43 Å². The number of hydrogen-bond acceptors (Lipinski definition) is 2. The van der Waals surface area contributed by atoms with Crippen LogP contribution in [-0.4, -0.2) is 19.4 Å². The average Bonchev–Trinajstić information content (AvgIpc) is 2.07. The van der Waals surface area contributed by atoms with Gasteiger partial charge in [-0.05, 0) is 44.3 Å². The maximum Gasteiger partial charge on any atom is 0.339 e. The summed E-state index contributed by atoms with van der Waals surface area (Å²) in [6, 6.07) is 2.27. The summed E-state index contributed by atoms with van der Waals surface area (Å²) in [5, 5.41) is 8.98. The van der Waals surface area contributed by atoms with Crippen LogP contribution in [0.5, 0.6) is 5.75 Å². The number of halogens is 1. The van der Waals surface area contributed by atoms with Crippen LogP contribution in [-0.2, 0) is 0 Å². The van der Waals surface area contributed by atoms with Gasteiger partial charge in [0, 0.05) is 0 Å². The summed E-state index contributed by atoms with van der Waals surface area (Å²) in [6.07, 6.45) is 0. The normalized spacial score (nSPS) is 11.3. The van der Waals surface area contributed by atoms with Gasteiger partial charge in [0.1, 0.15) is 17.1 Å². The third-order valence-corrected chi connectivity index (χ3v) is 2.69. The van der Waals surface area contributed by atoms with Crippen molar-refractivity contribution in [1.82, 2.24) is 0 Å². The maximum absolute atomic E-state index is 13.1. The topological polar surface area (TPSA) is 46.5 Å². The van der Waals surface area contributed by atoms with E-state index in [0.717, 1.165) is 6.07 Å². The van der Waals surface area contributed by atoms with Gasteiger partial charge in [0.25, 0.3) is 0 Å². The highest BCUT2D eigenvalue weighted by atomic mass is 28.4. The molecule has 1 rings (SSSR count). The molecule has 0 amide bonds. The summed E-state index contributed by atoms with van der Waals surface area (Å²) in [7, 11) is -1.91. The lowest BCUT2D eigenvalue weighted by Crippen LogP contribution is -2.30. The van der Waals surface area contributed by atoms with Gasteiger partial charge in [-0.15, -0.1) is 0 Å². The minimum Gasteiger partial charge on any atom is -0.544 e. The molecule has 5 heteroatoms. The fraction of sp³-hybridized carbons (Fsp3) is 0.364. The summed E-state index contributed by atoms with van der Waals surface area (Å²) in [5.74, 6) is -1.44. The molecule has 3 nitrogen and oxygen atoms in total. The van der Waals surface area contributed by atoms with Gasteiger partial charge >= 0.3 is 5.97 Å². The predicted octanol–water partition coefficient (Wildman–Crippen LogP) is 3.05. The van der Waals surface area contributed by atoms with Crippen molar-refractivity contribution in [2.75, 3.05) is 0 Å². The van der Waals surface area contributed by atoms with Crippen molar-refractivity contribution >= 4 is 14.3 Å². The van der Waals surface area contributed by atoms with E-state index in [1.165, 1.54) is 6.07 Å². The maximum atomic E-state index is 13.1. The number of aryl methyl sites for hydroxylation is 1. The van der Waals surface area contributed by atoms with Crippen molar-refractivity contribution in [3.05, 3.63) is 29.1 Å². The number of carboxylic acids is 1. The Balaban J connectivity index is 3.30. The lowest BCUT2D eigenvalue weighted by Gasteiger charge is -2.22. The second-order valence-electron chi connectivity index (χ2n) is 4.62. The molecule has 0 saturated heterocycles. The molecule has 0 spiro atoms. The molecule has 1 aromatic rings. The molecule has 16 heavy (non-hydrogen) atoms. The minimum atomic E-state index is -1.91. The molecule has 0 aliphatic heterocycles. The summed E-state index contributed by atoms with van der Waals surface area (Å²) in [4.78, 5) is 11.0. The van der Waals surface area contributed by atoms with Crippen molar-refractivity contribution in [1.29, 1.82) is 0 Å². The monoisotopic (exact) mass is 242 g/mol. The first-order valence-corrected chi connectivity index (χ1v) is 8.34. The third-order valence-electron chi connectivity index (χ3n) is 1.88. The molecule has 0 heterocycles. The molecule has 0 aliphatic rings. The van der Waals surface area contributed by atoms with E-state index >= 15 is 0 Å². The Labute approximate surface area is 95.0 Å². The summed E-state index contributed by atoms with van der Waals surface area (Å²) >= 11 is 0. The third kappa shape index (κ3) is 3.06. The van der Waals surface area contributed by atoms with Gasteiger partial charge < -0.3 is 9.53 Å². The molecule has 0 saturated carbocycles. The van der Waals surface area contributed by atoms with E-state index in [1.807, 2.05) is 19.6 Å². The van der Waals surface area contributed by atoms with Gasteiger partial charge in [-0.25, -0.2) is 9.18 Å². The quantitative estimate of drug-likeness (QED) is 0.829. The molecular weight excluding hydrogens is 227 g/mol. The van der Waals surface area contributed by atoms with Crippen LogP contribution in [0, 0.1) is 12.7 Å². The van der Waals surface area contributed by atoms with Crippen LogP contribution in [0.2, 0.25) is 19.6 Å². The molecule has 0 aromatic heterocycles. The van der Waals surface area contributed by atoms with E-state index in [9.17, 15) is 9.18 Å². The molecule has 88 valence electrons. The SMILES string of the molecule is Cc1cc(F)cc(C(=O)O)c1O[Si](C)(C)C. The smallest absolute Gasteiger partial charge is 0.339 e. The van der Waals surface area contributed by atoms with E-state index < -0.39 is 20.1 Å². The Morgan fingerprint density at radius 3 is 2.38 bits per heavy atom. The Hall–Kier alpha value is -1.36. The van der Waals surface area contributed by atoms with Crippen molar-refractivity contribution in [2.24, 2.45) is 0 Å². The van der Waals surface area contributed by atoms with Crippen molar-refractivity contribution in [2.45, 2.75) is 26.6 Å². The van der Waals surface area contributed by atoms with E-state index in [2.05, 4.69) is 0 Å². The van der Waals surface area contributed by atoms with Crippen LogP contribution in [0.3, 0.4) is 0 Å². The summed E-state index contributed by atoms with van der Waals surface area (Å²) in [5.41, 5.74) is 0.403. The standard InChI is InChI=1S/C11H15FO3Si/c1-7-5-8(12)6-9(11(13)14)10(7)15-16(2,3)4/h5-6H,1-4H3,(H,13,14). The fourth-order valence-electron chi connectivity index (χ4n) is 1.33. The molecule has 0 bridgehead atoms. The Morgan fingerprint density at radius 1 is 1.38 bits per heavy atom. The first-order valence-electron chi connectivity index (χ1n) is 4.93. The van der Waals surface area contributed by atoms with Crippen LogP contribution in [0.15, 0.2) is 12.1 Å². The minimum absolute atomic E-state index is 0.111. The van der Waals surface area contributed by atoms with E-state index in [-0.39, 0.29) is 11.3 Å². The Kier molecular flexibility index (Phi) is 3.37. The molecule has 0 radical (unpaired) electrons. The van der Waals surface area contributed by atoms with Gasteiger partial charge in [-0.1, -0.05) is 0 Å². The second-order valence-corrected chi connectivity index (χ2v) is 9.05. The van der Waals surface area contributed by atoms with Gasteiger partial charge in [-0.2, -0.15) is 0 Å². The van der Waals surface area contributed by atoms with Crippen molar-refractivity contribution in [3.8, 4) is 5.75 Å². The lowest BCUT2D eigenvalue weighted by atomic mass is 10.1. The first kappa shape index (κ1) is 12.7. The number of carboxylic acid groups (broad SMARTS) is 1. The Bertz CT molecular complexity index is 424. The molecule has 0 aliphatic carbocycles. The van der Waals surface area contributed by atoms with Crippen LogP contribution >= 0.6 is 0 Å². The second kappa shape index (κ2) is 4.25. The van der Waals surface area contributed by atoms with Gasteiger partial charge in [0.05, 0.1) is 0 Å². The average molecular weight is 242 g/mol. The fourth-order valence-corrected chi connectivity index (χ4v) is 2.21. The summed E-state index contributed by atoms with van der Waals surface area (Å²) in [6.45, 7) is 7.48. The molecule has 0 fully saturated rings. The van der Waals surface area contributed by atoms with E-state index in [0.29, 0.717) is 5.56 Å². The zero-order chi connectivity index (χ0) is 12.5. The molecule has 0 unspecified atom stereocenters. The molecular formula is C11H15FO3Si. The highest BCUT2D eigenvalue weighted by molar-refractivity contribution is 6.70. The first-order chi connectivity index (χ1) is 7.20. The number of benzene rings is 1. The molecule has 0 atom stereocenters. The Morgan fingerprint density at radius 2 is 1.94 bits per heavy atom. The zero-order valence-corrected chi connectivity index (χ0v) is 10.8. The number of rotatable bonds is 3. The highest BCUT2D eigenvalue weighted by Crippen LogP contribution is 2.27. The number of hydrogen-bond donors (Lipinski definition) is 1. The van der Waals surface area contributed by atoms with Gasteiger partial charge in [0.15, 0.2) is 0 Å². The van der Waals surface area contributed by atoms with E-state index in [1.54, 1.807) is 6.92 Å². The van der Waals surface area contributed by atoms with Crippen LogP contribution in [0.25, 0.3) is 0 Å². The lowest BCUT2D eigenvalue weighted by molar-refractivity contribution is 0.0694. The van der Waals surface area contributed by atoms with Crippen LogP contribution in [0.1, 0.15) is 15.9 Å². The van der Waals surface area contributed by atoms with E-state index in [4.69, 9.17) is 9.53 Å².